The monoisotopic (exact) mass is 530 g/mol. The van der Waals surface area contributed by atoms with Crippen LogP contribution >= 0.6 is 0 Å². The van der Waals surface area contributed by atoms with Gasteiger partial charge in [-0.25, -0.2) is 14.8 Å². The van der Waals surface area contributed by atoms with Gasteiger partial charge in [0.05, 0.1) is 12.6 Å². The van der Waals surface area contributed by atoms with Crippen molar-refractivity contribution in [3.63, 3.8) is 0 Å². The van der Waals surface area contributed by atoms with Crippen molar-refractivity contribution in [3.8, 4) is 28.5 Å². The summed E-state index contributed by atoms with van der Waals surface area (Å²) in [5.74, 6) is 0.124. The largest absolute Gasteiger partial charge is 0.496 e. The number of rotatable bonds is 6. The lowest BCUT2D eigenvalue weighted by Crippen LogP contribution is -2.01. The van der Waals surface area contributed by atoms with Crippen LogP contribution in [0.1, 0.15) is 15.9 Å². The van der Waals surface area contributed by atoms with Crippen LogP contribution in [0.15, 0.2) is 109 Å². The molecule has 3 aromatic carbocycles. The molecule has 0 unspecified atom stereocenters. The maximum Gasteiger partial charge on any atom is 0.339 e. The van der Waals surface area contributed by atoms with Gasteiger partial charge in [0, 0.05) is 41.3 Å². The predicted molar refractivity (Wildman–Crippen MR) is 155 cm³/mol. The van der Waals surface area contributed by atoms with Gasteiger partial charge in [-0.1, -0.05) is 60.7 Å². The molecule has 0 saturated heterocycles. The maximum atomic E-state index is 11.7. The van der Waals surface area contributed by atoms with Gasteiger partial charge in [0.25, 0.3) is 0 Å². The van der Waals surface area contributed by atoms with Gasteiger partial charge in [-0.05, 0) is 35.9 Å². The molecule has 0 atom stereocenters. The van der Waals surface area contributed by atoms with E-state index in [1.165, 1.54) is 18.7 Å². The Balaban J connectivity index is 0.000000348. The number of pyridine rings is 3. The third-order valence-corrected chi connectivity index (χ3v) is 6.15. The summed E-state index contributed by atoms with van der Waals surface area (Å²) in [7, 11) is 1.43. The van der Waals surface area contributed by atoms with Crippen molar-refractivity contribution in [2.75, 3.05) is 7.11 Å². The SMILES string of the molecule is COc1cc2nccc(Oc3cc4cccnc4nc3-c3ccccc3)c2cc1C(=O)O.NCc1ccccc1. The number of ether oxygens (including phenoxy) is 2. The van der Waals surface area contributed by atoms with Crippen LogP contribution in [0, 0.1) is 0 Å². The van der Waals surface area contributed by atoms with Crippen molar-refractivity contribution < 1.29 is 19.4 Å². The van der Waals surface area contributed by atoms with E-state index in [1.807, 2.05) is 78.9 Å². The van der Waals surface area contributed by atoms with Crippen molar-refractivity contribution in [2.45, 2.75) is 6.54 Å². The summed E-state index contributed by atoms with van der Waals surface area (Å²) >= 11 is 0. The Kier molecular flexibility index (Phi) is 7.89. The van der Waals surface area contributed by atoms with Crippen LogP contribution in [0.3, 0.4) is 0 Å². The number of nitrogens with two attached hydrogens (primary N) is 1. The van der Waals surface area contributed by atoms with Gasteiger partial charge in [-0.15, -0.1) is 0 Å². The van der Waals surface area contributed by atoms with Gasteiger partial charge >= 0.3 is 5.97 Å². The van der Waals surface area contributed by atoms with Crippen LogP contribution in [-0.2, 0) is 6.54 Å². The zero-order valence-corrected chi connectivity index (χ0v) is 21.7. The fraction of sp³-hybridized carbons (Fsp3) is 0.0625. The number of aromatic nitrogens is 3. The zero-order chi connectivity index (χ0) is 27.9. The molecule has 0 bridgehead atoms. The number of nitrogens with zero attached hydrogens (tertiary/aromatic N) is 3. The lowest BCUT2D eigenvalue weighted by Gasteiger charge is -2.14. The van der Waals surface area contributed by atoms with Gasteiger partial charge in [0.2, 0.25) is 0 Å². The number of aromatic carboxylic acids is 1. The molecule has 6 aromatic rings. The molecule has 6 rings (SSSR count). The van der Waals surface area contributed by atoms with Crippen molar-refractivity contribution in [2.24, 2.45) is 5.73 Å². The van der Waals surface area contributed by atoms with E-state index in [0.717, 1.165) is 10.9 Å². The van der Waals surface area contributed by atoms with Crippen LogP contribution in [0.25, 0.3) is 33.2 Å². The highest BCUT2D eigenvalue weighted by atomic mass is 16.5. The summed E-state index contributed by atoms with van der Waals surface area (Å²) < 4.78 is 11.5. The number of fused-ring (bicyclic) bond motifs is 2. The van der Waals surface area contributed by atoms with E-state index in [-0.39, 0.29) is 11.3 Å². The fourth-order valence-corrected chi connectivity index (χ4v) is 4.17. The van der Waals surface area contributed by atoms with E-state index in [1.54, 1.807) is 24.5 Å². The lowest BCUT2D eigenvalue weighted by molar-refractivity contribution is 0.0693. The van der Waals surface area contributed by atoms with Crippen LogP contribution in [0.5, 0.6) is 17.2 Å². The molecular formula is C32H26N4O4. The molecular weight excluding hydrogens is 504 g/mol. The molecule has 0 amide bonds. The summed E-state index contributed by atoms with van der Waals surface area (Å²) in [6, 6.07) is 30.1. The highest BCUT2D eigenvalue weighted by Gasteiger charge is 2.17. The Hall–Kier alpha value is -5.34. The summed E-state index contributed by atoms with van der Waals surface area (Å²) in [6.45, 7) is 0.640. The van der Waals surface area contributed by atoms with Crippen LogP contribution in [-0.4, -0.2) is 33.1 Å². The van der Waals surface area contributed by atoms with E-state index >= 15 is 0 Å². The van der Waals surface area contributed by atoms with Gasteiger partial charge < -0.3 is 20.3 Å². The quantitative estimate of drug-likeness (QED) is 0.251. The first kappa shape index (κ1) is 26.3. The number of methoxy groups -OCH3 is 1. The third kappa shape index (κ3) is 5.72. The molecule has 198 valence electrons. The Labute approximate surface area is 230 Å². The molecule has 8 nitrogen and oxygen atoms in total. The van der Waals surface area contributed by atoms with Crippen molar-refractivity contribution in [1.29, 1.82) is 0 Å². The number of benzene rings is 3. The normalized spacial score (nSPS) is 10.6. The average Bonchev–Trinajstić information content (AvgIpc) is 3.01. The van der Waals surface area contributed by atoms with Gasteiger partial charge in [-0.3, -0.25) is 4.98 Å². The number of carboxylic acid groups (broad SMARTS) is 1. The number of hydrogen-bond donors (Lipinski definition) is 2. The first-order chi connectivity index (χ1) is 19.6. The molecule has 3 aromatic heterocycles. The minimum atomic E-state index is -1.10. The number of carboxylic acids is 1. The molecule has 0 aliphatic rings. The number of hydrogen-bond acceptors (Lipinski definition) is 7. The van der Waals surface area contributed by atoms with Gasteiger partial charge in [0.15, 0.2) is 11.4 Å². The molecule has 0 radical (unpaired) electrons. The summed E-state index contributed by atoms with van der Waals surface area (Å²) in [5, 5.41) is 11.0. The minimum absolute atomic E-state index is 0.0296. The summed E-state index contributed by atoms with van der Waals surface area (Å²) in [5.41, 5.74) is 9.24. The second kappa shape index (κ2) is 12.0. The Morgan fingerprint density at radius 1 is 0.825 bits per heavy atom. The van der Waals surface area contributed by atoms with Crippen molar-refractivity contribution >= 4 is 27.9 Å². The zero-order valence-electron chi connectivity index (χ0n) is 21.7. The van der Waals surface area contributed by atoms with E-state index in [9.17, 15) is 9.90 Å². The molecule has 0 spiro atoms. The minimum Gasteiger partial charge on any atom is -0.496 e. The molecule has 3 N–H and O–H groups in total. The van der Waals surface area contributed by atoms with E-state index in [4.69, 9.17) is 20.2 Å². The fourth-order valence-electron chi connectivity index (χ4n) is 4.17. The Morgan fingerprint density at radius 2 is 1.57 bits per heavy atom. The molecule has 8 heteroatoms. The summed E-state index contributed by atoms with van der Waals surface area (Å²) in [4.78, 5) is 25.2. The summed E-state index contributed by atoms with van der Waals surface area (Å²) in [6.07, 6.45) is 3.30. The topological polar surface area (TPSA) is 120 Å². The lowest BCUT2D eigenvalue weighted by atomic mass is 10.1. The molecule has 0 aliphatic carbocycles. The van der Waals surface area contributed by atoms with Crippen LogP contribution in [0.2, 0.25) is 0 Å². The van der Waals surface area contributed by atoms with E-state index < -0.39 is 5.97 Å². The Morgan fingerprint density at radius 3 is 2.25 bits per heavy atom. The first-order valence-electron chi connectivity index (χ1n) is 12.5. The van der Waals surface area contributed by atoms with Gasteiger partial charge in [-0.2, -0.15) is 0 Å². The number of carbonyl (C=O) groups is 1. The van der Waals surface area contributed by atoms with Crippen LogP contribution < -0.4 is 15.2 Å². The van der Waals surface area contributed by atoms with Crippen molar-refractivity contribution in [1.82, 2.24) is 15.0 Å². The highest BCUT2D eigenvalue weighted by Crippen LogP contribution is 2.38. The maximum absolute atomic E-state index is 11.7. The van der Waals surface area contributed by atoms with Gasteiger partial charge in [0.1, 0.15) is 22.8 Å². The first-order valence-corrected chi connectivity index (χ1v) is 12.5. The molecule has 0 fully saturated rings. The van der Waals surface area contributed by atoms with Crippen molar-refractivity contribution in [3.05, 3.63) is 121 Å². The third-order valence-electron chi connectivity index (χ3n) is 6.15. The highest BCUT2D eigenvalue weighted by molar-refractivity contribution is 5.98. The van der Waals surface area contributed by atoms with E-state index in [0.29, 0.717) is 40.3 Å². The van der Waals surface area contributed by atoms with Crippen LogP contribution in [0.4, 0.5) is 0 Å². The second-order valence-corrected chi connectivity index (χ2v) is 8.73. The molecule has 0 aliphatic heterocycles. The average molecular weight is 531 g/mol. The predicted octanol–water partition coefficient (Wildman–Crippen LogP) is 6.49. The standard InChI is InChI=1S/C25H17N3O4.C7H9N/c1-31-21-14-19-17(13-18(21)25(29)30)20(9-11-26-19)32-22-12-16-8-5-10-27-24(16)28-23(22)15-6-3-2-4-7-15;8-6-7-4-2-1-3-5-7/h2-14H,1H3,(H,29,30);1-5H,6,8H2. The second-order valence-electron chi connectivity index (χ2n) is 8.73. The Bertz CT molecular complexity index is 1780. The smallest absolute Gasteiger partial charge is 0.339 e. The molecule has 3 heterocycles. The van der Waals surface area contributed by atoms with E-state index in [2.05, 4.69) is 9.97 Å². The molecule has 0 saturated carbocycles. The molecule has 40 heavy (non-hydrogen) atoms.